The Hall–Kier alpha value is -1.30. The number of halogens is 2. The lowest BCUT2D eigenvalue weighted by molar-refractivity contribution is -0.141. The topological polar surface area (TPSA) is 66.8 Å². The minimum Gasteiger partial charge on any atom is -0.489 e. The zero-order valence-electron chi connectivity index (χ0n) is 13.1. The van der Waals surface area contributed by atoms with Crippen LogP contribution in [0.2, 0.25) is 10.0 Å². The molecule has 130 valence electrons. The summed E-state index contributed by atoms with van der Waals surface area (Å²) < 4.78 is 5.46. The number of fused-ring (bicyclic) bond motifs is 1. The first-order chi connectivity index (χ1) is 11.5. The van der Waals surface area contributed by atoms with Gasteiger partial charge in [0.15, 0.2) is 0 Å². The number of β-amino-alcohol motifs (C(OH)–C–C–N with tert-alkyl or cyclic N) is 1. The number of carbonyl (C=O) groups is 2. The van der Waals surface area contributed by atoms with Crippen molar-refractivity contribution in [2.45, 2.75) is 31.8 Å². The van der Waals surface area contributed by atoms with Crippen molar-refractivity contribution in [2.24, 2.45) is 11.8 Å². The van der Waals surface area contributed by atoms with Crippen LogP contribution in [0.3, 0.4) is 0 Å². The molecule has 0 aromatic heterocycles. The Labute approximate surface area is 150 Å². The van der Waals surface area contributed by atoms with Gasteiger partial charge in [-0.15, -0.1) is 0 Å². The molecule has 1 aromatic rings. The average molecular weight is 372 g/mol. The van der Waals surface area contributed by atoms with Crippen molar-refractivity contribution in [3.63, 3.8) is 0 Å². The highest BCUT2D eigenvalue weighted by Gasteiger charge is 2.48. The number of rotatable bonds is 5. The fourth-order valence-corrected chi connectivity index (χ4v) is 3.78. The molecule has 2 amide bonds. The van der Waals surface area contributed by atoms with Gasteiger partial charge in [0.25, 0.3) is 0 Å². The molecule has 1 heterocycles. The summed E-state index contributed by atoms with van der Waals surface area (Å²) in [6, 6.07) is 4.79. The first-order valence-electron chi connectivity index (χ1n) is 8.08. The maximum absolute atomic E-state index is 12.4. The van der Waals surface area contributed by atoms with Crippen LogP contribution in [0.15, 0.2) is 18.2 Å². The maximum atomic E-state index is 12.4. The number of hydrogen-bond donors (Lipinski definition) is 1. The number of carbonyl (C=O) groups excluding carboxylic acids is 2. The van der Waals surface area contributed by atoms with Gasteiger partial charge in [0.05, 0.1) is 23.4 Å². The summed E-state index contributed by atoms with van der Waals surface area (Å²) in [6.45, 7) is -0.130. The predicted molar refractivity (Wildman–Crippen MR) is 90.1 cm³/mol. The molecule has 0 bridgehead atoms. The SMILES string of the molecule is O=C1[C@@H]2CCCC[C@H]2C(=O)N1C[C@@H](O)COc1cc(Cl)ccc1Cl. The summed E-state index contributed by atoms with van der Waals surface area (Å²) in [5, 5.41) is 11.0. The highest BCUT2D eigenvalue weighted by atomic mass is 35.5. The van der Waals surface area contributed by atoms with Gasteiger partial charge >= 0.3 is 0 Å². The summed E-state index contributed by atoms with van der Waals surface area (Å²) in [5.74, 6) is -0.381. The van der Waals surface area contributed by atoms with Crippen molar-refractivity contribution >= 4 is 35.0 Å². The van der Waals surface area contributed by atoms with Gasteiger partial charge in [-0.25, -0.2) is 0 Å². The Balaban J connectivity index is 1.58. The lowest BCUT2D eigenvalue weighted by Crippen LogP contribution is -2.40. The van der Waals surface area contributed by atoms with Gasteiger partial charge in [0, 0.05) is 11.1 Å². The highest BCUT2D eigenvalue weighted by molar-refractivity contribution is 6.34. The van der Waals surface area contributed by atoms with Crippen molar-refractivity contribution < 1.29 is 19.4 Å². The molecule has 1 aliphatic carbocycles. The average Bonchev–Trinajstić information content (AvgIpc) is 2.81. The van der Waals surface area contributed by atoms with E-state index in [4.69, 9.17) is 27.9 Å². The Morgan fingerprint density at radius 1 is 1.17 bits per heavy atom. The van der Waals surface area contributed by atoms with Crippen molar-refractivity contribution in [1.29, 1.82) is 0 Å². The number of benzene rings is 1. The maximum Gasteiger partial charge on any atom is 0.233 e. The van der Waals surface area contributed by atoms with Crippen LogP contribution in [0.25, 0.3) is 0 Å². The van der Waals surface area contributed by atoms with Gasteiger partial charge in [-0.1, -0.05) is 36.0 Å². The molecular formula is C17H19Cl2NO4. The number of nitrogens with zero attached hydrogens (tertiary/aromatic N) is 1. The lowest BCUT2D eigenvalue weighted by atomic mass is 9.81. The predicted octanol–water partition coefficient (Wildman–Crippen LogP) is 2.91. The Kier molecular flexibility index (Phi) is 5.33. The van der Waals surface area contributed by atoms with Crippen LogP contribution in [0.4, 0.5) is 0 Å². The van der Waals surface area contributed by atoms with Crippen molar-refractivity contribution in [2.75, 3.05) is 13.2 Å². The molecule has 1 saturated carbocycles. The summed E-state index contributed by atoms with van der Waals surface area (Å²) in [4.78, 5) is 25.9. The van der Waals surface area contributed by atoms with Crippen LogP contribution < -0.4 is 4.74 Å². The molecule has 5 nitrogen and oxygen atoms in total. The number of likely N-dealkylation sites (tertiary alicyclic amines) is 1. The Bertz CT molecular complexity index is 627. The highest BCUT2D eigenvalue weighted by Crippen LogP contribution is 2.38. The van der Waals surface area contributed by atoms with E-state index in [-0.39, 0.29) is 36.8 Å². The van der Waals surface area contributed by atoms with Gasteiger partial charge in [-0.05, 0) is 25.0 Å². The summed E-state index contributed by atoms with van der Waals surface area (Å²) in [6.07, 6.45) is 2.50. The van der Waals surface area contributed by atoms with E-state index >= 15 is 0 Å². The molecule has 24 heavy (non-hydrogen) atoms. The van der Waals surface area contributed by atoms with Gasteiger partial charge in [0.2, 0.25) is 11.8 Å². The molecule has 2 aliphatic rings. The molecule has 0 radical (unpaired) electrons. The zero-order valence-corrected chi connectivity index (χ0v) is 14.6. The lowest BCUT2D eigenvalue weighted by Gasteiger charge is -2.19. The van der Waals surface area contributed by atoms with Gasteiger partial charge in [0.1, 0.15) is 18.5 Å². The standard InChI is InChI=1S/C17H19Cl2NO4/c18-10-5-6-14(19)15(7-10)24-9-11(21)8-20-16(22)12-3-1-2-4-13(12)17(20)23/h5-7,11-13,21H,1-4,8-9H2/t11-,12-,13-/m1/s1. The molecule has 1 saturated heterocycles. The van der Waals surface area contributed by atoms with Crippen molar-refractivity contribution in [1.82, 2.24) is 4.90 Å². The van der Waals surface area contributed by atoms with Crippen LogP contribution in [0.5, 0.6) is 5.75 Å². The second-order valence-electron chi connectivity index (χ2n) is 6.32. The molecule has 3 atom stereocenters. The van der Waals surface area contributed by atoms with Crippen LogP contribution in [0.1, 0.15) is 25.7 Å². The third-order valence-corrected chi connectivity index (χ3v) is 5.20. The largest absolute Gasteiger partial charge is 0.489 e. The molecule has 0 unspecified atom stereocenters. The molecule has 0 spiro atoms. The molecule has 1 aliphatic heterocycles. The Morgan fingerprint density at radius 2 is 1.79 bits per heavy atom. The first kappa shape index (κ1) is 17.5. The van der Waals surface area contributed by atoms with Gasteiger partial charge < -0.3 is 9.84 Å². The molecule has 1 N–H and O–H groups in total. The summed E-state index contributed by atoms with van der Waals surface area (Å²) >= 11 is 11.9. The van der Waals surface area contributed by atoms with E-state index in [9.17, 15) is 14.7 Å². The van der Waals surface area contributed by atoms with E-state index < -0.39 is 6.10 Å². The fraction of sp³-hybridized carbons (Fsp3) is 0.529. The molecule has 1 aromatic carbocycles. The Morgan fingerprint density at radius 3 is 2.42 bits per heavy atom. The minimum absolute atomic E-state index is 0.0527. The minimum atomic E-state index is -0.979. The normalized spacial score (nSPS) is 24.9. The molecule has 2 fully saturated rings. The number of hydrogen-bond acceptors (Lipinski definition) is 4. The van der Waals surface area contributed by atoms with Crippen LogP contribution in [0, 0.1) is 11.8 Å². The molecule has 7 heteroatoms. The second kappa shape index (κ2) is 7.30. The molecule has 3 rings (SSSR count). The van der Waals surface area contributed by atoms with Gasteiger partial charge in [-0.2, -0.15) is 0 Å². The van der Waals surface area contributed by atoms with Crippen molar-refractivity contribution in [3.8, 4) is 5.75 Å². The van der Waals surface area contributed by atoms with E-state index in [2.05, 4.69) is 0 Å². The quantitative estimate of drug-likeness (QED) is 0.808. The third kappa shape index (κ3) is 3.53. The van der Waals surface area contributed by atoms with Crippen LogP contribution >= 0.6 is 23.2 Å². The number of aliphatic hydroxyl groups is 1. The fourth-order valence-electron chi connectivity index (χ4n) is 3.45. The van der Waals surface area contributed by atoms with Gasteiger partial charge in [-0.3, -0.25) is 14.5 Å². The summed E-state index contributed by atoms with van der Waals surface area (Å²) in [5.41, 5.74) is 0. The van der Waals surface area contributed by atoms with Crippen LogP contribution in [-0.4, -0.2) is 41.1 Å². The van der Waals surface area contributed by atoms with E-state index in [1.54, 1.807) is 18.2 Å². The summed E-state index contributed by atoms with van der Waals surface area (Å²) in [7, 11) is 0. The van der Waals surface area contributed by atoms with Crippen molar-refractivity contribution in [3.05, 3.63) is 28.2 Å². The number of amides is 2. The van der Waals surface area contributed by atoms with E-state index in [1.165, 1.54) is 4.90 Å². The molecular weight excluding hydrogens is 353 g/mol. The third-order valence-electron chi connectivity index (χ3n) is 4.65. The van der Waals surface area contributed by atoms with E-state index in [0.29, 0.717) is 15.8 Å². The number of imide groups is 1. The zero-order chi connectivity index (χ0) is 17.3. The van der Waals surface area contributed by atoms with Crippen LogP contribution in [-0.2, 0) is 9.59 Å². The first-order valence-corrected chi connectivity index (χ1v) is 8.84. The van der Waals surface area contributed by atoms with E-state index in [0.717, 1.165) is 25.7 Å². The number of aliphatic hydroxyl groups excluding tert-OH is 1. The monoisotopic (exact) mass is 371 g/mol. The van der Waals surface area contributed by atoms with E-state index in [1.807, 2.05) is 0 Å². The smallest absolute Gasteiger partial charge is 0.233 e. The number of ether oxygens (including phenoxy) is 1. The second-order valence-corrected chi connectivity index (χ2v) is 7.17.